The van der Waals surface area contributed by atoms with E-state index in [-0.39, 0.29) is 5.91 Å². The van der Waals surface area contributed by atoms with Crippen molar-refractivity contribution in [3.63, 3.8) is 0 Å². The lowest BCUT2D eigenvalue weighted by Gasteiger charge is -2.13. The van der Waals surface area contributed by atoms with Crippen LogP contribution in [0.1, 0.15) is 32.7 Å². The number of carbonyl (C=O) groups excluding carboxylic acids is 1. The summed E-state index contributed by atoms with van der Waals surface area (Å²) in [7, 11) is -0.959. The SMILES string of the molecule is Cc1ccccc1C(=O)Nc1c2c(nn1-c1ccccc1C)C[S@](=O)C2. The van der Waals surface area contributed by atoms with E-state index in [0.29, 0.717) is 22.9 Å². The molecule has 3 aromatic rings. The second-order valence-corrected chi connectivity index (χ2v) is 7.93. The van der Waals surface area contributed by atoms with Crippen molar-refractivity contribution in [2.45, 2.75) is 25.4 Å². The van der Waals surface area contributed by atoms with Crippen molar-refractivity contribution < 1.29 is 9.00 Å². The minimum atomic E-state index is -0.959. The average Bonchev–Trinajstić information content (AvgIpc) is 3.13. The molecular weight excluding hydrogens is 346 g/mol. The van der Waals surface area contributed by atoms with Gasteiger partial charge in [0.25, 0.3) is 5.91 Å². The van der Waals surface area contributed by atoms with Crippen LogP contribution in [0.3, 0.4) is 0 Å². The molecule has 2 heterocycles. The Morgan fingerprint density at radius 2 is 1.73 bits per heavy atom. The summed E-state index contributed by atoms with van der Waals surface area (Å²) in [6.07, 6.45) is 0. The standard InChI is InChI=1S/C20H19N3O2S/c1-13-7-3-5-9-15(13)20(24)21-19-16-11-26(25)12-17(16)22-23(19)18-10-6-4-8-14(18)2/h3-10H,11-12H2,1-2H3,(H,21,24)/t26-/m1/s1. The van der Waals surface area contributed by atoms with Gasteiger partial charge in [0.05, 0.1) is 22.9 Å². The number of carbonyl (C=O) groups is 1. The molecule has 6 heteroatoms. The van der Waals surface area contributed by atoms with Gasteiger partial charge in [-0.15, -0.1) is 0 Å². The van der Waals surface area contributed by atoms with E-state index in [2.05, 4.69) is 10.4 Å². The van der Waals surface area contributed by atoms with E-state index in [0.717, 1.165) is 28.1 Å². The summed E-state index contributed by atoms with van der Waals surface area (Å²) in [5, 5.41) is 7.67. The Morgan fingerprint density at radius 3 is 2.46 bits per heavy atom. The lowest BCUT2D eigenvalue weighted by molar-refractivity contribution is 0.102. The quantitative estimate of drug-likeness (QED) is 0.773. The van der Waals surface area contributed by atoms with Crippen LogP contribution < -0.4 is 5.32 Å². The van der Waals surface area contributed by atoms with Crippen LogP contribution in [0.4, 0.5) is 5.82 Å². The van der Waals surface area contributed by atoms with Gasteiger partial charge in [0, 0.05) is 21.9 Å². The molecule has 1 aromatic heterocycles. The maximum absolute atomic E-state index is 12.9. The van der Waals surface area contributed by atoms with Crippen LogP contribution in [0.2, 0.25) is 0 Å². The van der Waals surface area contributed by atoms with Gasteiger partial charge in [0.1, 0.15) is 5.82 Å². The molecule has 0 bridgehead atoms. The lowest BCUT2D eigenvalue weighted by Crippen LogP contribution is -2.17. The third-order valence-corrected chi connectivity index (χ3v) is 5.84. The van der Waals surface area contributed by atoms with Crippen LogP contribution in [0.15, 0.2) is 48.5 Å². The molecule has 26 heavy (non-hydrogen) atoms. The first-order chi connectivity index (χ1) is 12.5. The van der Waals surface area contributed by atoms with Gasteiger partial charge in [-0.1, -0.05) is 36.4 Å². The molecule has 2 aromatic carbocycles. The number of fused-ring (bicyclic) bond motifs is 1. The maximum atomic E-state index is 12.9. The minimum absolute atomic E-state index is 0.182. The molecule has 0 unspecified atom stereocenters. The van der Waals surface area contributed by atoms with Crippen molar-refractivity contribution in [1.82, 2.24) is 9.78 Å². The number of nitrogens with one attached hydrogen (secondary N) is 1. The van der Waals surface area contributed by atoms with Crippen molar-refractivity contribution in [3.8, 4) is 5.69 Å². The first-order valence-electron chi connectivity index (χ1n) is 8.43. The zero-order valence-electron chi connectivity index (χ0n) is 14.7. The Labute approximate surface area is 154 Å². The summed E-state index contributed by atoms with van der Waals surface area (Å²) in [4.78, 5) is 12.9. The molecule has 1 amide bonds. The predicted molar refractivity (Wildman–Crippen MR) is 103 cm³/mol. The van der Waals surface area contributed by atoms with E-state index in [1.165, 1.54) is 0 Å². The van der Waals surface area contributed by atoms with Crippen molar-refractivity contribution in [1.29, 1.82) is 0 Å². The van der Waals surface area contributed by atoms with Crippen LogP contribution in [-0.4, -0.2) is 19.9 Å². The average molecular weight is 365 g/mol. The van der Waals surface area contributed by atoms with Crippen LogP contribution in [0.25, 0.3) is 5.69 Å². The summed E-state index contributed by atoms with van der Waals surface area (Å²) >= 11 is 0. The van der Waals surface area contributed by atoms with E-state index in [1.54, 1.807) is 10.7 Å². The van der Waals surface area contributed by atoms with Gasteiger partial charge in [-0.05, 0) is 37.1 Å². The maximum Gasteiger partial charge on any atom is 0.257 e. The fraction of sp³-hybridized carbons (Fsp3) is 0.200. The Morgan fingerprint density at radius 1 is 1.04 bits per heavy atom. The first-order valence-corrected chi connectivity index (χ1v) is 9.92. The third-order valence-electron chi connectivity index (χ3n) is 4.64. The van der Waals surface area contributed by atoms with Gasteiger partial charge in [-0.2, -0.15) is 5.10 Å². The topological polar surface area (TPSA) is 64.0 Å². The molecule has 1 atom stereocenters. The number of benzene rings is 2. The second kappa shape index (κ2) is 6.53. The first kappa shape index (κ1) is 16.7. The molecule has 1 aliphatic rings. The number of rotatable bonds is 3. The predicted octanol–water partition coefficient (Wildman–Crippen LogP) is 3.50. The molecule has 1 aliphatic heterocycles. The molecule has 0 fully saturated rings. The highest BCUT2D eigenvalue weighted by atomic mass is 32.2. The monoisotopic (exact) mass is 365 g/mol. The highest BCUT2D eigenvalue weighted by Gasteiger charge is 2.29. The van der Waals surface area contributed by atoms with Crippen molar-refractivity contribution in [2.24, 2.45) is 0 Å². The zero-order valence-corrected chi connectivity index (χ0v) is 15.5. The van der Waals surface area contributed by atoms with Crippen molar-refractivity contribution >= 4 is 22.5 Å². The fourth-order valence-electron chi connectivity index (χ4n) is 3.23. The smallest absolute Gasteiger partial charge is 0.257 e. The summed E-state index contributed by atoms with van der Waals surface area (Å²) in [5.41, 5.74) is 5.17. The third kappa shape index (κ3) is 2.86. The summed E-state index contributed by atoms with van der Waals surface area (Å²) in [6, 6.07) is 15.4. The van der Waals surface area contributed by atoms with Crippen molar-refractivity contribution in [3.05, 3.63) is 76.5 Å². The van der Waals surface area contributed by atoms with Gasteiger partial charge in [-0.3, -0.25) is 9.00 Å². The van der Waals surface area contributed by atoms with Crippen molar-refractivity contribution in [2.75, 3.05) is 5.32 Å². The molecule has 0 saturated heterocycles. The summed E-state index contributed by atoms with van der Waals surface area (Å²) in [6.45, 7) is 3.92. The van der Waals surface area contributed by atoms with Crippen LogP contribution in [0.5, 0.6) is 0 Å². The van der Waals surface area contributed by atoms with E-state index in [4.69, 9.17) is 0 Å². The number of aryl methyl sites for hydroxylation is 2. The summed E-state index contributed by atoms with van der Waals surface area (Å²) < 4.78 is 13.8. The normalized spacial score (nSPS) is 15.7. The molecule has 0 aliphatic carbocycles. The highest BCUT2D eigenvalue weighted by molar-refractivity contribution is 7.83. The van der Waals surface area contributed by atoms with Gasteiger partial charge < -0.3 is 5.32 Å². The van der Waals surface area contributed by atoms with Crippen LogP contribution in [-0.2, 0) is 22.3 Å². The Balaban J connectivity index is 1.80. The fourth-order valence-corrected chi connectivity index (χ4v) is 4.50. The van der Waals surface area contributed by atoms with E-state index < -0.39 is 10.8 Å². The number of para-hydroxylation sites is 1. The van der Waals surface area contributed by atoms with E-state index in [9.17, 15) is 9.00 Å². The summed E-state index contributed by atoms with van der Waals surface area (Å²) in [5.74, 6) is 1.29. The van der Waals surface area contributed by atoms with Gasteiger partial charge in [-0.25, -0.2) is 4.68 Å². The number of amides is 1. The van der Waals surface area contributed by atoms with Gasteiger partial charge in [0.15, 0.2) is 0 Å². The Hall–Kier alpha value is -2.73. The largest absolute Gasteiger partial charge is 0.306 e. The molecular formula is C20H19N3O2S. The van der Waals surface area contributed by atoms with E-state index in [1.807, 2.05) is 56.3 Å². The second-order valence-electron chi connectivity index (χ2n) is 6.47. The molecule has 4 rings (SSSR count). The van der Waals surface area contributed by atoms with Gasteiger partial charge in [0.2, 0.25) is 0 Å². The highest BCUT2D eigenvalue weighted by Crippen LogP contribution is 2.32. The number of hydrogen-bond donors (Lipinski definition) is 1. The molecule has 0 spiro atoms. The number of anilines is 1. The Bertz CT molecular complexity index is 1040. The van der Waals surface area contributed by atoms with E-state index >= 15 is 0 Å². The molecule has 0 radical (unpaired) electrons. The Kier molecular flexibility index (Phi) is 4.20. The lowest BCUT2D eigenvalue weighted by atomic mass is 10.1. The molecule has 5 nitrogen and oxygen atoms in total. The minimum Gasteiger partial charge on any atom is -0.306 e. The molecule has 132 valence electrons. The van der Waals surface area contributed by atoms with Crippen LogP contribution in [0, 0.1) is 13.8 Å². The van der Waals surface area contributed by atoms with Crippen LogP contribution >= 0.6 is 0 Å². The number of nitrogens with zero attached hydrogens (tertiary/aromatic N) is 2. The zero-order chi connectivity index (χ0) is 18.3. The number of hydrogen-bond acceptors (Lipinski definition) is 3. The van der Waals surface area contributed by atoms with Gasteiger partial charge >= 0.3 is 0 Å². The molecule has 0 saturated carbocycles. The molecule has 1 N–H and O–H groups in total. The number of aromatic nitrogens is 2.